The van der Waals surface area contributed by atoms with Gasteiger partial charge >= 0.3 is 12.1 Å². The third-order valence-corrected chi connectivity index (χ3v) is 6.19. The van der Waals surface area contributed by atoms with E-state index in [2.05, 4.69) is 20.5 Å². The normalized spacial score (nSPS) is 15.6. The Hall–Kier alpha value is -3.54. The number of carbonyl (C=O) groups excluding carboxylic acids is 2. The Morgan fingerprint density at radius 2 is 2.06 bits per heavy atom. The molecule has 0 bridgehead atoms. The van der Waals surface area contributed by atoms with Crippen LogP contribution in [0.5, 0.6) is 0 Å². The number of fused-ring (bicyclic) bond motifs is 3. The predicted molar refractivity (Wildman–Crippen MR) is 127 cm³/mol. The molecule has 12 heteroatoms. The van der Waals surface area contributed by atoms with E-state index in [1.807, 2.05) is 24.3 Å². The zero-order valence-corrected chi connectivity index (χ0v) is 20.5. The van der Waals surface area contributed by atoms with Crippen molar-refractivity contribution < 1.29 is 28.6 Å². The second-order valence-corrected chi connectivity index (χ2v) is 10.1. The number of hydrogen-bond donors (Lipinski definition) is 3. The van der Waals surface area contributed by atoms with Crippen molar-refractivity contribution in [3.8, 4) is 0 Å². The van der Waals surface area contributed by atoms with Gasteiger partial charge in [0.15, 0.2) is 0 Å². The van der Waals surface area contributed by atoms with Crippen molar-refractivity contribution in [3.63, 3.8) is 0 Å². The Morgan fingerprint density at radius 1 is 1.29 bits per heavy atom. The number of amides is 2. The topological polar surface area (TPSA) is 151 Å². The highest BCUT2D eigenvalue weighted by Crippen LogP contribution is 2.31. The lowest BCUT2D eigenvalue weighted by atomic mass is 9.96. The van der Waals surface area contributed by atoms with E-state index < -0.39 is 23.7 Å². The molecule has 35 heavy (non-hydrogen) atoms. The van der Waals surface area contributed by atoms with Crippen molar-refractivity contribution in [1.82, 2.24) is 25.4 Å². The molecule has 0 fully saturated rings. The Morgan fingerprint density at radius 3 is 2.80 bits per heavy atom. The number of carbonyl (C=O) groups is 3. The fourth-order valence-corrected chi connectivity index (χ4v) is 4.55. The molecule has 3 aromatic rings. The second-order valence-electron chi connectivity index (χ2n) is 9.14. The summed E-state index contributed by atoms with van der Waals surface area (Å²) in [6.07, 6.45) is 0.00207. The van der Waals surface area contributed by atoms with Crippen LogP contribution in [0.1, 0.15) is 37.9 Å². The van der Waals surface area contributed by atoms with Crippen LogP contribution in [0.3, 0.4) is 0 Å². The molecule has 1 unspecified atom stereocenters. The number of alkyl carbamates (subject to hydrolysis) is 1. The van der Waals surface area contributed by atoms with Crippen LogP contribution < -0.4 is 5.32 Å². The lowest BCUT2D eigenvalue weighted by molar-refractivity contribution is -0.150. The fraction of sp³-hybridized carbons (Fsp3) is 0.435. The van der Waals surface area contributed by atoms with E-state index in [-0.39, 0.29) is 36.4 Å². The summed E-state index contributed by atoms with van der Waals surface area (Å²) in [6, 6.07) is 6.75. The van der Waals surface area contributed by atoms with Crippen LogP contribution in [0.2, 0.25) is 0 Å². The standard InChI is InChI=1S/C23H27N5O6S/c1-23(2,3)34-21(32)24-9-8-18-26-27-22(33-18)35-12-19(29)28-11-16-14(10-17(28)20(30)31)13-6-4-5-7-15(13)25-16/h4-7,17,25H,8-12H2,1-3H3,(H,24,32)(H,30,31). The molecule has 2 aromatic heterocycles. The highest BCUT2D eigenvalue weighted by atomic mass is 32.2. The van der Waals surface area contributed by atoms with Crippen molar-refractivity contribution >= 4 is 40.6 Å². The van der Waals surface area contributed by atoms with Gasteiger partial charge in [0.2, 0.25) is 11.8 Å². The lowest BCUT2D eigenvalue weighted by Crippen LogP contribution is -2.49. The molecule has 3 heterocycles. The number of nitrogens with zero attached hydrogens (tertiary/aromatic N) is 3. The van der Waals surface area contributed by atoms with E-state index in [1.165, 1.54) is 4.90 Å². The monoisotopic (exact) mass is 501 g/mol. The number of H-pyrrole nitrogens is 1. The quantitative estimate of drug-likeness (QED) is 0.415. The van der Waals surface area contributed by atoms with Crippen LogP contribution in [0.15, 0.2) is 33.9 Å². The number of rotatable bonds is 7. The minimum Gasteiger partial charge on any atom is -0.480 e. The number of benzene rings is 1. The van der Waals surface area contributed by atoms with Crippen molar-refractivity contribution in [1.29, 1.82) is 0 Å². The van der Waals surface area contributed by atoms with Gasteiger partial charge in [-0.1, -0.05) is 30.0 Å². The molecule has 1 aromatic carbocycles. The summed E-state index contributed by atoms with van der Waals surface area (Å²) >= 11 is 1.04. The van der Waals surface area contributed by atoms with Gasteiger partial charge in [-0.2, -0.15) is 0 Å². The maximum absolute atomic E-state index is 13.0. The molecule has 0 radical (unpaired) electrons. The smallest absolute Gasteiger partial charge is 0.407 e. The molecule has 0 saturated carbocycles. The number of thioether (sulfide) groups is 1. The summed E-state index contributed by atoms with van der Waals surface area (Å²) in [5, 5.41) is 21.4. The number of hydrogen-bond acceptors (Lipinski definition) is 8. The fourth-order valence-electron chi connectivity index (χ4n) is 3.88. The third-order valence-electron chi connectivity index (χ3n) is 5.38. The molecule has 186 valence electrons. The van der Waals surface area contributed by atoms with Crippen LogP contribution in [0, 0.1) is 0 Å². The number of ether oxygens (including phenoxy) is 1. The van der Waals surface area contributed by atoms with Crippen LogP contribution in [-0.2, 0) is 33.7 Å². The number of carboxylic acid groups (broad SMARTS) is 1. The number of nitrogens with one attached hydrogen (secondary N) is 2. The van der Waals surface area contributed by atoms with E-state index in [4.69, 9.17) is 9.15 Å². The SMILES string of the molecule is CC(C)(C)OC(=O)NCCc1nnc(SCC(=O)N2Cc3[nH]c4ccccc4c3CC2C(=O)O)o1. The van der Waals surface area contributed by atoms with Crippen LogP contribution >= 0.6 is 11.8 Å². The number of aromatic nitrogens is 3. The molecule has 1 atom stereocenters. The largest absolute Gasteiger partial charge is 0.480 e. The summed E-state index contributed by atoms with van der Waals surface area (Å²) in [7, 11) is 0. The first kappa shape index (κ1) is 24.6. The molecular weight excluding hydrogens is 474 g/mol. The van der Waals surface area contributed by atoms with Gasteiger partial charge in [0.1, 0.15) is 11.6 Å². The molecule has 1 aliphatic heterocycles. The molecule has 0 saturated heterocycles. The van der Waals surface area contributed by atoms with Gasteiger partial charge in [-0.05, 0) is 32.4 Å². The van der Waals surface area contributed by atoms with Crippen molar-refractivity contribution in [2.24, 2.45) is 0 Å². The molecule has 4 rings (SSSR count). The first-order chi connectivity index (χ1) is 16.6. The zero-order valence-electron chi connectivity index (χ0n) is 19.7. The Balaban J connectivity index is 1.33. The van der Waals surface area contributed by atoms with Gasteiger partial charge < -0.3 is 29.5 Å². The second kappa shape index (κ2) is 9.98. The first-order valence-corrected chi connectivity index (χ1v) is 12.1. The van der Waals surface area contributed by atoms with Gasteiger partial charge in [-0.3, -0.25) is 4.79 Å². The van der Waals surface area contributed by atoms with Gasteiger partial charge in [0.25, 0.3) is 5.22 Å². The van der Waals surface area contributed by atoms with Crippen LogP contribution in [0.25, 0.3) is 10.9 Å². The minimum atomic E-state index is -1.04. The molecular formula is C23H27N5O6S. The lowest BCUT2D eigenvalue weighted by Gasteiger charge is -2.33. The summed E-state index contributed by atoms with van der Waals surface area (Å²) in [5.74, 6) is -1.12. The van der Waals surface area contributed by atoms with E-state index in [1.54, 1.807) is 20.8 Å². The highest BCUT2D eigenvalue weighted by Gasteiger charge is 2.36. The van der Waals surface area contributed by atoms with Gasteiger partial charge in [-0.15, -0.1) is 10.2 Å². The van der Waals surface area contributed by atoms with Gasteiger partial charge in [0.05, 0.1) is 12.3 Å². The van der Waals surface area contributed by atoms with Crippen LogP contribution in [-0.4, -0.2) is 67.1 Å². The Bertz CT molecular complexity index is 1250. The highest BCUT2D eigenvalue weighted by molar-refractivity contribution is 7.99. The molecule has 3 N–H and O–H groups in total. The summed E-state index contributed by atoms with van der Waals surface area (Å²) in [4.78, 5) is 41.3. The number of carboxylic acids is 1. The molecule has 0 spiro atoms. The number of para-hydroxylation sites is 1. The van der Waals surface area contributed by atoms with Crippen molar-refractivity contribution in [2.75, 3.05) is 12.3 Å². The zero-order chi connectivity index (χ0) is 25.2. The minimum absolute atomic E-state index is 0.0445. The Labute approximate surface area is 205 Å². The van der Waals surface area contributed by atoms with Gasteiger partial charge in [0, 0.05) is 36.0 Å². The molecule has 2 amide bonds. The summed E-state index contributed by atoms with van der Waals surface area (Å²) in [6.45, 7) is 5.76. The van der Waals surface area contributed by atoms with E-state index in [9.17, 15) is 19.5 Å². The maximum Gasteiger partial charge on any atom is 0.407 e. The average Bonchev–Trinajstić information content (AvgIpc) is 3.39. The number of aromatic amines is 1. The predicted octanol–water partition coefficient (Wildman–Crippen LogP) is 2.75. The van der Waals surface area contributed by atoms with E-state index in [0.717, 1.165) is 33.9 Å². The average molecular weight is 502 g/mol. The first-order valence-electron chi connectivity index (χ1n) is 11.1. The number of aliphatic carboxylic acids is 1. The molecule has 0 aliphatic carbocycles. The molecule has 11 nitrogen and oxygen atoms in total. The summed E-state index contributed by atoms with van der Waals surface area (Å²) in [5.41, 5.74) is 2.12. The van der Waals surface area contributed by atoms with Crippen molar-refractivity contribution in [2.45, 2.75) is 57.0 Å². The van der Waals surface area contributed by atoms with Crippen molar-refractivity contribution in [3.05, 3.63) is 41.4 Å². The Kier molecular flexibility index (Phi) is 7.01. The van der Waals surface area contributed by atoms with E-state index >= 15 is 0 Å². The van der Waals surface area contributed by atoms with E-state index in [0.29, 0.717) is 12.3 Å². The molecule has 1 aliphatic rings. The summed E-state index contributed by atoms with van der Waals surface area (Å²) < 4.78 is 10.7. The third kappa shape index (κ3) is 5.94. The maximum atomic E-state index is 13.0. The van der Waals surface area contributed by atoms with Crippen LogP contribution in [0.4, 0.5) is 4.79 Å². The van der Waals surface area contributed by atoms with Gasteiger partial charge in [-0.25, -0.2) is 9.59 Å².